The summed E-state index contributed by atoms with van der Waals surface area (Å²) in [6, 6.07) is 6.35. The van der Waals surface area contributed by atoms with Crippen molar-refractivity contribution in [2.24, 2.45) is 0 Å². The van der Waals surface area contributed by atoms with E-state index >= 15 is 0 Å². The molecule has 0 bridgehead atoms. The zero-order chi connectivity index (χ0) is 12.9. The fraction of sp³-hybridized carbons (Fsp3) is 0.214. The van der Waals surface area contributed by atoms with Crippen LogP contribution in [0.1, 0.15) is 16.8 Å². The SMILES string of the molecule is Cc1ccc(-c2nc3scc(C)n3c2N)cc1C. The average Bonchev–Trinajstić information content (AvgIpc) is 2.85. The van der Waals surface area contributed by atoms with Crippen molar-refractivity contribution in [3.63, 3.8) is 0 Å². The van der Waals surface area contributed by atoms with E-state index in [9.17, 15) is 0 Å². The third-order valence-electron chi connectivity index (χ3n) is 3.35. The van der Waals surface area contributed by atoms with Gasteiger partial charge in [0.25, 0.3) is 0 Å². The fourth-order valence-electron chi connectivity index (χ4n) is 2.12. The lowest BCUT2D eigenvalue weighted by Gasteiger charge is -2.04. The van der Waals surface area contributed by atoms with Gasteiger partial charge in [0.15, 0.2) is 4.96 Å². The van der Waals surface area contributed by atoms with E-state index in [0.29, 0.717) is 0 Å². The molecule has 92 valence electrons. The molecular formula is C14H15N3S. The zero-order valence-electron chi connectivity index (χ0n) is 10.7. The van der Waals surface area contributed by atoms with Crippen LogP contribution >= 0.6 is 11.3 Å². The molecule has 0 aliphatic rings. The number of thiazole rings is 1. The molecule has 0 atom stereocenters. The van der Waals surface area contributed by atoms with Gasteiger partial charge in [0.2, 0.25) is 0 Å². The van der Waals surface area contributed by atoms with Crippen LogP contribution in [0.3, 0.4) is 0 Å². The minimum absolute atomic E-state index is 0.729. The summed E-state index contributed by atoms with van der Waals surface area (Å²) in [7, 11) is 0. The Kier molecular flexibility index (Phi) is 2.41. The maximum Gasteiger partial charge on any atom is 0.196 e. The van der Waals surface area contributed by atoms with Crippen molar-refractivity contribution in [1.29, 1.82) is 0 Å². The molecule has 0 saturated carbocycles. The third-order valence-corrected chi connectivity index (χ3v) is 4.29. The molecule has 2 aromatic heterocycles. The van der Waals surface area contributed by atoms with Crippen LogP contribution in [0.15, 0.2) is 23.6 Å². The van der Waals surface area contributed by atoms with E-state index in [1.54, 1.807) is 11.3 Å². The highest BCUT2D eigenvalue weighted by molar-refractivity contribution is 7.15. The van der Waals surface area contributed by atoms with Crippen molar-refractivity contribution in [3.8, 4) is 11.3 Å². The number of nitrogens with zero attached hydrogens (tertiary/aromatic N) is 2. The summed E-state index contributed by atoms with van der Waals surface area (Å²) in [5, 5.41) is 2.07. The minimum atomic E-state index is 0.729. The highest BCUT2D eigenvalue weighted by Gasteiger charge is 2.14. The van der Waals surface area contributed by atoms with Gasteiger partial charge >= 0.3 is 0 Å². The highest BCUT2D eigenvalue weighted by Crippen LogP contribution is 2.30. The van der Waals surface area contributed by atoms with Gasteiger partial charge in [0.1, 0.15) is 11.5 Å². The molecule has 0 amide bonds. The molecule has 3 rings (SSSR count). The van der Waals surface area contributed by atoms with E-state index in [1.807, 2.05) is 11.3 Å². The van der Waals surface area contributed by atoms with Gasteiger partial charge in [-0.2, -0.15) is 0 Å². The molecule has 0 aliphatic carbocycles. The van der Waals surface area contributed by atoms with Gasteiger partial charge in [-0.05, 0) is 38.0 Å². The lowest BCUT2D eigenvalue weighted by molar-refractivity contribution is 1.14. The molecule has 2 heterocycles. The highest BCUT2D eigenvalue weighted by atomic mass is 32.1. The van der Waals surface area contributed by atoms with E-state index in [4.69, 9.17) is 5.73 Å². The Hall–Kier alpha value is -1.81. The number of nitrogens with two attached hydrogens (primary N) is 1. The second-order valence-electron chi connectivity index (χ2n) is 4.64. The van der Waals surface area contributed by atoms with Crippen LogP contribution in [-0.2, 0) is 0 Å². The van der Waals surface area contributed by atoms with Crippen LogP contribution < -0.4 is 5.73 Å². The van der Waals surface area contributed by atoms with Crippen LogP contribution in [0.25, 0.3) is 16.2 Å². The summed E-state index contributed by atoms with van der Waals surface area (Å²) in [4.78, 5) is 5.59. The van der Waals surface area contributed by atoms with Crippen molar-refractivity contribution in [2.45, 2.75) is 20.8 Å². The Morgan fingerprint density at radius 1 is 1.17 bits per heavy atom. The normalized spacial score (nSPS) is 11.3. The Balaban J connectivity index is 2.25. The van der Waals surface area contributed by atoms with Crippen molar-refractivity contribution < 1.29 is 0 Å². The van der Waals surface area contributed by atoms with E-state index in [1.165, 1.54) is 11.1 Å². The Bertz CT molecular complexity index is 737. The third kappa shape index (κ3) is 1.53. The van der Waals surface area contributed by atoms with Crippen molar-refractivity contribution in [3.05, 3.63) is 40.4 Å². The Morgan fingerprint density at radius 2 is 1.94 bits per heavy atom. The predicted octanol–water partition coefficient (Wildman–Crippen LogP) is 3.57. The quantitative estimate of drug-likeness (QED) is 0.724. The number of nitrogen functional groups attached to an aromatic ring is 1. The van der Waals surface area contributed by atoms with E-state index in [-0.39, 0.29) is 0 Å². The van der Waals surface area contributed by atoms with Gasteiger partial charge in [-0.1, -0.05) is 12.1 Å². The number of imidazole rings is 1. The molecule has 0 fully saturated rings. The van der Waals surface area contributed by atoms with Crippen molar-refractivity contribution in [2.75, 3.05) is 5.73 Å². The van der Waals surface area contributed by atoms with Gasteiger partial charge in [-0.15, -0.1) is 11.3 Å². The second-order valence-corrected chi connectivity index (χ2v) is 5.48. The summed E-state index contributed by atoms with van der Waals surface area (Å²) in [6.45, 7) is 6.27. The molecule has 3 nitrogen and oxygen atoms in total. The smallest absolute Gasteiger partial charge is 0.196 e. The maximum atomic E-state index is 6.21. The van der Waals surface area contributed by atoms with E-state index in [0.717, 1.165) is 27.7 Å². The lowest BCUT2D eigenvalue weighted by Crippen LogP contribution is -1.95. The predicted molar refractivity (Wildman–Crippen MR) is 77.1 cm³/mol. The number of hydrogen-bond acceptors (Lipinski definition) is 3. The number of aromatic nitrogens is 2. The van der Waals surface area contributed by atoms with Gasteiger partial charge in [0.05, 0.1) is 0 Å². The first-order valence-electron chi connectivity index (χ1n) is 5.87. The fourth-order valence-corrected chi connectivity index (χ4v) is 3.00. The average molecular weight is 257 g/mol. The standard InChI is InChI=1S/C14H15N3S/c1-8-4-5-11(6-9(8)2)12-13(15)17-10(3)7-18-14(17)16-12/h4-7H,15H2,1-3H3. The summed E-state index contributed by atoms with van der Waals surface area (Å²) in [5.41, 5.74) is 11.9. The van der Waals surface area contributed by atoms with Crippen LogP contribution in [0.5, 0.6) is 0 Å². The zero-order valence-corrected chi connectivity index (χ0v) is 11.5. The molecule has 0 spiro atoms. The van der Waals surface area contributed by atoms with Crippen molar-refractivity contribution in [1.82, 2.24) is 9.38 Å². The Labute approximate surface area is 110 Å². The molecule has 18 heavy (non-hydrogen) atoms. The second kappa shape index (κ2) is 3.85. The largest absolute Gasteiger partial charge is 0.383 e. The number of anilines is 1. The summed E-state index contributed by atoms with van der Waals surface area (Å²) < 4.78 is 2.01. The first kappa shape index (κ1) is 11.3. The van der Waals surface area contributed by atoms with Crippen LogP contribution in [0.4, 0.5) is 5.82 Å². The van der Waals surface area contributed by atoms with Gasteiger partial charge in [-0.3, -0.25) is 4.40 Å². The molecule has 0 unspecified atom stereocenters. The molecule has 2 N–H and O–H groups in total. The van der Waals surface area contributed by atoms with Crippen LogP contribution in [0.2, 0.25) is 0 Å². The summed E-state index contributed by atoms with van der Waals surface area (Å²) in [5.74, 6) is 0.729. The summed E-state index contributed by atoms with van der Waals surface area (Å²) in [6.07, 6.45) is 0. The van der Waals surface area contributed by atoms with E-state index < -0.39 is 0 Å². The van der Waals surface area contributed by atoms with Crippen LogP contribution in [-0.4, -0.2) is 9.38 Å². The van der Waals surface area contributed by atoms with Crippen molar-refractivity contribution >= 4 is 22.1 Å². The lowest BCUT2D eigenvalue weighted by atomic mass is 10.0. The van der Waals surface area contributed by atoms with Crippen LogP contribution in [0, 0.1) is 20.8 Å². The molecule has 4 heteroatoms. The molecule has 0 aliphatic heterocycles. The molecular weight excluding hydrogens is 242 g/mol. The number of fused-ring (bicyclic) bond motifs is 1. The molecule has 1 aromatic carbocycles. The number of aryl methyl sites for hydroxylation is 3. The molecule has 0 saturated heterocycles. The first-order valence-corrected chi connectivity index (χ1v) is 6.75. The van der Waals surface area contributed by atoms with Gasteiger partial charge in [0, 0.05) is 16.6 Å². The minimum Gasteiger partial charge on any atom is -0.383 e. The summed E-state index contributed by atoms with van der Waals surface area (Å²) >= 11 is 1.62. The molecule has 0 radical (unpaired) electrons. The number of rotatable bonds is 1. The molecule has 3 aromatic rings. The van der Waals surface area contributed by atoms with E-state index in [2.05, 4.69) is 42.4 Å². The first-order chi connectivity index (χ1) is 8.58. The Morgan fingerprint density at radius 3 is 2.61 bits per heavy atom. The number of benzene rings is 1. The van der Waals surface area contributed by atoms with Gasteiger partial charge in [-0.25, -0.2) is 4.98 Å². The number of hydrogen-bond donors (Lipinski definition) is 1. The maximum absolute atomic E-state index is 6.21. The topological polar surface area (TPSA) is 43.3 Å². The monoisotopic (exact) mass is 257 g/mol. The van der Waals surface area contributed by atoms with Gasteiger partial charge < -0.3 is 5.73 Å².